The molecule has 0 unspecified atom stereocenters. The summed E-state index contributed by atoms with van der Waals surface area (Å²) in [6.07, 6.45) is 2.72. The van der Waals surface area contributed by atoms with Crippen LogP contribution >= 0.6 is 24.0 Å². The summed E-state index contributed by atoms with van der Waals surface area (Å²) in [5, 5.41) is 6.72. The van der Waals surface area contributed by atoms with E-state index in [2.05, 4.69) is 65.8 Å². The SMILES string of the molecule is CCNC(=NCc1cccc(N(C)C)c1)NCC1CC1.I. The van der Waals surface area contributed by atoms with Gasteiger partial charge in [0.15, 0.2) is 5.96 Å². The molecule has 0 radical (unpaired) electrons. The summed E-state index contributed by atoms with van der Waals surface area (Å²) in [5.74, 6) is 1.78. The van der Waals surface area contributed by atoms with Crippen molar-refractivity contribution in [2.75, 3.05) is 32.1 Å². The number of halogens is 1. The molecule has 4 nitrogen and oxygen atoms in total. The van der Waals surface area contributed by atoms with Crippen molar-refractivity contribution in [3.05, 3.63) is 29.8 Å². The van der Waals surface area contributed by atoms with Crippen molar-refractivity contribution in [1.29, 1.82) is 0 Å². The van der Waals surface area contributed by atoms with Crippen molar-refractivity contribution in [1.82, 2.24) is 10.6 Å². The molecular weight excluding hydrogens is 375 g/mol. The predicted octanol–water partition coefficient (Wildman–Crippen LogP) is 2.84. The summed E-state index contributed by atoms with van der Waals surface area (Å²) in [6.45, 7) is 4.75. The van der Waals surface area contributed by atoms with Crippen LogP contribution < -0.4 is 15.5 Å². The Morgan fingerprint density at radius 3 is 2.67 bits per heavy atom. The topological polar surface area (TPSA) is 39.7 Å². The lowest BCUT2D eigenvalue weighted by molar-refractivity contribution is 0.739. The number of rotatable bonds is 6. The highest BCUT2D eigenvalue weighted by molar-refractivity contribution is 14.0. The van der Waals surface area contributed by atoms with Crippen LogP contribution in [0.1, 0.15) is 25.3 Å². The molecular formula is C16H27IN4. The molecule has 0 atom stereocenters. The number of anilines is 1. The highest BCUT2D eigenvalue weighted by Gasteiger charge is 2.20. The summed E-state index contributed by atoms with van der Waals surface area (Å²) in [7, 11) is 4.12. The van der Waals surface area contributed by atoms with Crippen molar-refractivity contribution in [3.8, 4) is 0 Å². The van der Waals surface area contributed by atoms with Crippen LogP contribution in [0, 0.1) is 5.92 Å². The van der Waals surface area contributed by atoms with Gasteiger partial charge >= 0.3 is 0 Å². The molecule has 118 valence electrons. The van der Waals surface area contributed by atoms with E-state index in [9.17, 15) is 0 Å². The second-order valence-electron chi connectivity index (χ2n) is 5.58. The van der Waals surface area contributed by atoms with Gasteiger partial charge in [0.2, 0.25) is 0 Å². The molecule has 0 amide bonds. The van der Waals surface area contributed by atoms with Crippen molar-refractivity contribution in [3.63, 3.8) is 0 Å². The molecule has 2 rings (SSSR count). The van der Waals surface area contributed by atoms with Gasteiger partial charge in [-0.05, 0) is 43.4 Å². The van der Waals surface area contributed by atoms with Gasteiger partial charge in [-0.3, -0.25) is 0 Å². The molecule has 1 fully saturated rings. The number of benzene rings is 1. The summed E-state index contributed by atoms with van der Waals surface area (Å²) >= 11 is 0. The van der Waals surface area contributed by atoms with Gasteiger partial charge in [0.1, 0.15) is 0 Å². The molecule has 0 heterocycles. The molecule has 21 heavy (non-hydrogen) atoms. The van der Waals surface area contributed by atoms with Gasteiger partial charge in [-0.2, -0.15) is 0 Å². The van der Waals surface area contributed by atoms with E-state index in [-0.39, 0.29) is 24.0 Å². The lowest BCUT2D eigenvalue weighted by Gasteiger charge is -2.14. The average molecular weight is 402 g/mol. The Kier molecular flexibility index (Phi) is 7.85. The fraction of sp³-hybridized carbons (Fsp3) is 0.562. The smallest absolute Gasteiger partial charge is 0.191 e. The zero-order chi connectivity index (χ0) is 14.4. The minimum atomic E-state index is 0. The highest BCUT2D eigenvalue weighted by Crippen LogP contribution is 2.27. The molecule has 0 spiro atoms. The van der Waals surface area contributed by atoms with Crippen LogP contribution in [-0.2, 0) is 6.54 Å². The van der Waals surface area contributed by atoms with Gasteiger partial charge < -0.3 is 15.5 Å². The molecule has 0 bridgehead atoms. The Morgan fingerprint density at radius 1 is 1.29 bits per heavy atom. The minimum absolute atomic E-state index is 0. The Bertz CT molecular complexity index is 455. The lowest BCUT2D eigenvalue weighted by Crippen LogP contribution is -2.38. The quantitative estimate of drug-likeness (QED) is 0.437. The molecule has 1 aliphatic carbocycles. The second-order valence-corrected chi connectivity index (χ2v) is 5.58. The number of nitrogens with one attached hydrogen (secondary N) is 2. The van der Waals surface area contributed by atoms with Gasteiger partial charge in [0.05, 0.1) is 6.54 Å². The van der Waals surface area contributed by atoms with Crippen LogP contribution in [0.15, 0.2) is 29.3 Å². The van der Waals surface area contributed by atoms with Gasteiger partial charge in [0.25, 0.3) is 0 Å². The van der Waals surface area contributed by atoms with E-state index < -0.39 is 0 Å². The first-order chi connectivity index (χ1) is 9.69. The molecule has 1 aromatic carbocycles. The van der Waals surface area contributed by atoms with E-state index in [0.717, 1.165) is 25.0 Å². The van der Waals surface area contributed by atoms with Crippen molar-refractivity contribution >= 4 is 35.6 Å². The maximum absolute atomic E-state index is 4.66. The maximum atomic E-state index is 4.66. The van der Waals surface area contributed by atoms with Crippen molar-refractivity contribution in [2.45, 2.75) is 26.3 Å². The third-order valence-corrected chi connectivity index (χ3v) is 3.45. The van der Waals surface area contributed by atoms with E-state index in [1.165, 1.54) is 24.1 Å². The van der Waals surface area contributed by atoms with Gasteiger partial charge in [0, 0.05) is 32.9 Å². The van der Waals surface area contributed by atoms with Crippen LogP contribution in [0.5, 0.6) is 0 Å². The van der Waals surface area contributed by atoms with Crippen molar-refractivity contribution in [2.24, 2.45) is 10.9 Å². The Morgan fingerprint density at radius 2 is 2.05 bits per heavy atom. The molecule has 0 saturated heterocycles. The van der Waals surface area contributed by atoms with Crippen molar-refractivity contribution < 1.29 is 0 Å². The van der Waals surface area contributed by atoms with E-state index in [0.29, 0.717) is 6.54 Å². The summed E-state index contributed by atoms with van der Waals surface area (Å²) in [4.78, 5) is 6.77. The van der Waals surface area contributed by atoms with Crippen LogP contribution in [-0.4, -0.2) is 33.1 Å². The minimum Gasteiger partial charge on any atom is -0.378 e. The number of guanidine groups is 1. The molecule has 2 N–H and O–H groups in total. The average Bonchev–Trinajstić information content (AvgIpc) is 3.26. The normalized spacial score (nSPS) is 14.3. The molecule has 1 aromatic rings. The highest BCUT2D eigenvalue weighted by atomic mass is 127. The van der Waals surface area contributed by atoms with Gasteiger partial charge in [-0.1, -0.05) is 12.1 Å². The Labute approximate surface area is 145 Å². The van der Waals surface area contributed by atoms with E-state index in [4.69, 9.17) is 0 Å². The van der Waals surface area contributed by atoms with Crippen LogP contribution in [0.4, 0.5) is 5.69 Å². The fourth-order valence-corrected chi connectivity index (χ4v) is 2.01. The molecule has 1 saturated carbocycles. The summed E-state index contributed by atoms with van der Waals surface area (Å²) in [6, 6.07) is 8.52. The lowest BCUT2D eigenvalue weighted by atomic mass is 10.2. The molecule has 0 aliphatic heterocycles. The van der Waals surface area contributed by atoms with Crippen LogP contribution in [0.25, 0.3) is 0 Å². The zero-order valence-electron chi connectivity index (χ0n) is 13.2. The monoisotopic (exact) mass is 402 g/mol. The first-order valence-corrected chi connectivity index (χ1v) is 7.47. The van der Waals surface area contributed by atoms with Gasteiger partial charge in [-0.25, -0.2) is 4.99 Å². The standard InChI is InChI=1S/C16H26N4.HI/c1-4-17-16(18-11-13-8-9-13)19-12-14-6-5-7-15(10-14)20(2)3;/h5-7,10,13H,4,8-9,11-12H2,1-3H3,(H2,17,18,19);1H. The van der Waals surface area contributed by atoms with Gasteiger partial charge in [-0.15, -0.1) is 24.0 Å². The molecule has 1 aliphatic rings. The van der Waals surface area contributed by atoms with E-state index in [1.807, 2.05) is 0 Å². The Hall–Kier alpha value is -0.980. The first-order valence-electron chi connectivity index (χ1n) is 7.47. The maximum Gasteiger partial charge on any atom is 0.191 e. The Balaban J connectivity index is 0.00000220. The number of hydrogen-bond donors (Lipinski definition) is 2. The third-order valence-electron chi connectivity index (χ3n) is 3.45. The molecule has 0 aromatic heterocycles. The summed E-state index contributed by atoms with van der Waals surface area (Å²) < 4.78 is 0. The summed E-state index contributed by atoms with van der Waals surface area (Å²) in [5.41, 5.74) is 2.45. The second kappa shape index (κ2) is 9.12. The number of nitrogens with zero attached hydrogens (tertiary/aromatic N) is 2. The largest absolute Gasteiger partial charge is 0.378 e. The van der Waals surface area contributed by atoms with E-state index >= 15 is 0 Å². The fourth-order valence-electron chi connectivity index (χ4n) is 2.01. The number of aliphatic imine (C=N–C) groups is 1. The van der Waals surface area contributed by atoms with Crippen LogP contribution in [0.2, 0.25) is 0 Å². The predicted molar refractivity (Wildman–Crippen MR) is 102 cm³/mol. The first kappa shape index (κ1) is 18.1. The zero-order valence-corrected chi connectivity index (χ0v) is 15.6. The van der Waals surface area contributed by atoms with Crippen LogP contribution in [0.3, 0.4) is 0 Å². The number of hydrogen-bond acceptors (Lipinski definition) is 2. The van der Waals surface area contributed by atoms with E-state index in [1.54, 1.807) is 0 Å². The third kappa shape index (κ3) is 6.54. The molecule has 5 heteroatoms.